The van der Waals surface area contributed by atoms with Gasteiger partial charge in [-0.1, -0.05) is 42.1 Å². The molecule has 29 heavy (non-hydrogen) atoms. The van der Waals surface area contributed by atoms with Gasteiger partial charge in [0.15, 0.2) is 5.16 Å². The van der Waals surface area contributed by atoms with Gasteiger partial charge in [-0.25, -0.2) is 4.98 Å². The molecule has 1 N–H and O–H groups in total. The van der Waals surface area contributed by atoms with Crippen molar-refractivity contribution in [3.63, 3.8) is 0 Å². The van der Waals surface area contributed by atoms with Crippen LogP contribution in [0.15, 0.2) is 81.3 Å². The minimum atomic E-state index is -0.159. The second-order valence-corrected chi connectivity index (χ2v) is 7.48. The molecule has 0 aliphatic heterocycles. The summed E-state index contributed by atoms with van der Waals surface area (Å²) in [6, 6.07) is 18.4. The third-order valence-electron chi connectivity index (χ3n) is 4.47. The summed E-state index contributed by atoms with van der Waals surface area (Å²) in [4.78, 5) is 30.1. The van der Waals surface area contributed by atoms with E-state index in [9.17, 15) is 9.59 Å². The van der Waals surface area contributed by atoms with E-state index in [0.29, 0.717) is 21.8 Å². The SMILES string of the molecule is Cc1ccccc1NC(=O)CSc1nc2ccccc2c(=O)n1Cc1ccco1. The zero-order valence-electron chi connectivity index (χ0n) is 15.8. The number of aryl methyl sites for hydroxylation is 1. The maximum atomic E-state index is 13.0. The number of carbonyl (C=O) groups is 1. The number of nitrogens with zero attached hydrogens (tertiary/aromatic N) is 2. The van der Waals surface area contributed by atoms with Crippen molar-refractivity contribution in [2.75, 3.05) is 11.1 Å². The molecule has 2 aromatic carbocycles. The molecule has 0 atom stereocenters. The van der Waals surface area contributed by atoms with Crippen molar-refractivity contribution in [1.82, 2.24) is 9.55 Å². The average Bonchev–Trinajstić information content (AvgIpc) is 3.24. The molecular formula is C22H19N3O3S. The summed E-state index contributed by atoms with van der Waals surface area (Å²) in [6.45, 7) is 2.19. The van der Waals surface area contributed by atoms with Gasteiger partial charge < -0.3 is 9.73 Å². The number of benzene rings is 2. The summed E-state index contributed by atoms with van der Waals surface area (Å²) in [6.07, 6.45) is 1.57. The minimum absolute atomic E-state index is 0.136. The number of rotatable bonds is 6. The quantitative estimate of drug-likeness (QED) is 0.386. The van der Waals surface area contributed by atoms with Crippen molar-refractivity contribution in [3.05, 3.63) is 88.6 Å². The zero-order valence-corrected chi connectivity index (χ0v) is 16.6. The van der Waals surface area contributed by atoms with Crippen LogP contribution in [0.25, 0.3) is 10.9 Å². The van der Waals surface area contributed by atoms with Crippen molar-refractivity contribution in [2.45, 2.75) is 18.6 Å². The van der Waals surface area contributed by atoms with E-state index in [4.69, 9.17) is 4.42 Å². The lowest BCUT2D eigenvalue weighted by atomic mass is 10.2. The second-order valence-electron chi connectivity index (χ2n) is 6.53. The van der Waals surface area contributed by atoms with E-state index in [1.54, 1.807) is 35.1 Å². The van der Waals surface area contributed by atoms with E-state index in [1.165, 1.54) is 11.8 Å². The Morgan fingerprint density at radius 2 is 1.90 bits per heavy atom. The number of fused-ring (bicyclic) bond motifs is 1. The Bertz CT molecular complexity index is 1220. The van der Waals surface area contributed by atoms with Gasteiger partial charge in [-0.2, -0.15) is 0 Å². The first-order valence-corrected chi connectivity index (χ1v) is 10.1. The summed E-state index contributed by atoms with van der Waals surface area (Å²) in [5, 5.41) is 3.92. The number of thioether (sulfide) groups is 1. The smallest absolute Gasteiger partial charge is 0.262 e. The molecule has 4 aromatic rings. The molecule has 0 fully saturated rings. The highest BCUT2D eigenvalue weighted by molar-refractivity contribution is 7.99. The number of hydrogen-bond donors (Lipinski definition) is 1. The Hall–Kier alpha value is -3.32. The van der Waals surface area contributed by atoms with Crippen molar-refractivity contribution >= 4 is 34.3 Å². The van der Waals surface area contributed by atoms with Gasteiger partial charge in [-0.15, -0.1) is 0 Å². The Kier molecular flexibility index (Phi) is 5.48. The molecular weight excluding hydrogens is 386 g/mol. The molecule has 2 heterocycles. The molecule has 0 radical (unpaired) electrons. The molecule has 7 heteroatoms. The average molecular weight is 405 g/mol. The highest BCUT2D eigenvalue weighted by Crippen LogP contribution is 2.20. The van der Waals surface area contributed by atoms with Crippen molar-refractivity contribution in [2.24, 2.45) is 0 Å². The number of hydrogen-bond acceptors (Lipinski definition) is 5. The van der Waals surface area contributed by atoms with Crippen molar-refractivity contribution in [1.29, 1.82) is 0 Å². The summed E-state index contributed by atoms with van der Waals surface area (Å²) >= 11 is 1.23. The molecule has 0 saturated heterocycles. The van der Waals surface area contributed by atoms with Gasteiger partial charge in [0.05, 0.1) is 29.5 Å². The summed E-state index contributed by atoms with van der Waals surface area (Å²) < 4.78 is 6.95. The number of amides is 1. The molecule has 2 aromatic heterocycles. The monoisotopic (exact) mass is 405 g/mol. The van der Waals surface area contributed by atoms with Gasteiger partial charge >= 0.3 is 0 Å². The second kappa shape index (κ2) is 8.36. The molecule has 0 unspecified atom stereocenters. The lowest BCUT2D eigenvalue weighted by Crippen LogP contribution is -2.24. The number of anilines is 1. The van der Waals surface area contributed by atoms with E-state index in [2.05, 4.69) is 10.3 Å². The molecule has 0 aliphatic carbocycles. The predicted molar refractivity (Wildman–Crippen MR) is 114 cm³/mol. The number of furan rings is 1. The van der Waals surface area contributed by atoms with Gasteiger partial charge in [0.1, 0.15) is 5.76 Å². The van der Waals surface area contributed by atoms with Crippen LogP contribution < -0.4 is 10.9 Å². The molecule has 0 spiro atoms. The van der Waals surface area contributed by atoms with Crippen LogP contribution >= 0.6 is 11.8 Å². The molecule has 0 saturated carbocycles. The lowest BCUT2D eigenvalue weighted by molar-refractivity contribution is -0.113. The number of aromatic nitrogens is 2. The van der Waals surface area contributed by atoms with Crippen molar-refractivity contribution in [3.8, 4) is 0 Å². The highest BCUT2D eigenvalue weighted by Gasteiger charge is 2.15. The zero-order chi connectivity index (χ0) is 20.2. The van der Waals surface area contributed by atoms with Gasteiger partial charge in [0.2, 0.25) is 5.91 Å². The number of nitrogens with one attached hydrogen (secondary N) is 1. The Morgan fingerprint density at radius 1 is 1.10 bits per heavy atom. The standard InChI is InChI=1S/C22H19N3O3S/c1-15-7-2-4-10-18(15)23-20(26)14-29-22-24-19-11-5-3-9-17(19)21(27)25(22)13-16-8-6-12-28-16/h2-12H,13-14H2,1H3,(H,23,26). The van der Waals surface area contributed by atoms with Gasteiger partial charge in [-0.3, -0.25) is 14.2 Å². The van der Waals surface area contributed by atoms with E-state index in [1.807, 2.05) is 43.3 Å². The van der Waals surface area contributed by atoms with Crippen LogP contribution in [-0.2, 0) is 11.3 Å². The largest absolute Gasteiger partial charge is 0.467 e. The van der Waals surface area contributed by atoms with Crippen LogP contribution in [0.5, 0.6) is 0 Å². The maximum Gasteiger partial charge on any atom is 0.262 e. The fraction of sp³-hybridized carbons (Fsp3) is 0.136. The Morgan fingerprint density at radius 3 is 2.69 bits per heavy atom. The van der Waals surface area contributed by atoms with Gasteiger partial charge in [0.25, 0.3) is 5.56 Å². The van der Waals surface area contributed by atoms with E-state index in [-0.39, 0.29) is 23.8 Å². The third-order valence-corrected chi connectivity index (χ3v) is 5.45. The molecule has 1 amide bonds. The number of para-hydroxylation sites is 2. The minimum Gasteiger partial charge on any atom is -0.467 e. The first-order valence-electron chi connectivity index (χ1n) is 9.12. The van der Waals surface area contributed by atoms with E-state index in [0.717, 1.165) is 11.3 Å². The Balaban J connectivity index is 1.61. The van der Waals surface area contributed by atoms with Crippen LogP contribution in [0.4, 0.5) is 5.69 Å². The summed E-state index contributed by atoms with van der Waals surface area (Å²) in [5.74, 6) is 0.628. The first-order chi connectivity index (χ1) is 14.1. The van der Waals surface area contributed by atoms with Crippen LogP contribution in [-0.4, -0.2) is 21.2 Å². The van der Waals surface area contributed by atoms with Crippen LogP contribution in [0.2, 0.25) is 0 Å². The van der Waals surface area contributed by atoms with Crippen LogP contribution in [0.1, 0.15) is 11.3 Å². The van der Waals surface area contributed by atoms with E-state index < -0.39 is 0 Å². The van der Waals surface area contributed by atoms with Gasteiger partial charge in [-0.05, 0) is 42.8 Å². The highest BCUT2D eigenvalue weighted by atomic mass is 32.2. The predicted octanol–water partition coefficient (Wildman–Crippen LogP) is 4.08. The summed E-state index contributed by atoms with van der Waals surface area (Å²) in [7, 11) is 0. The third kappa shape index (κ3) is 4.25. The molecule has 6 nitrogen and oxygen atoms in total. The maximum absolute atomic E-state index is 13.0. The van der Waals surface area contributed by atoms with Crippen LogP contribution in [0, 0.1) is 6.92 Å². The Labute approximate surface area is 171 Å². The van der Waals surface area contributed by atoms with Gasteiger partial charge in [0, 0.05) is 5.69 Å². The molecule has 0 aliphatic rings. The fourth-order valence-electron chi connectivity index (χ4n) is 2.99. The molecule has 4 rings (SSSR count). The number of carbonyl (C=O) groups excluding carboxylic acids is 1. The van der Waals surface area contributed by atoms with E-state index >= 15 is 0 Å². The summed E-state index contributed by atoms with van der Waals surface area (Å²) in [5.41, 5.74) is 2.21. The normalized spacial score (nSPS) is 10.9. The fourth-order valence-corrected chi connectivity index (χ4v) is 3.78. The van der Waals surface area contributed by atoms with Crippen LogP contribution in [0.3, 0.4) is 0 Å². The lowest BCUT2D eigenvalue weighted by Gasteiger charge is -2.12. The molecule has 146 valence electrons. The topological polar surface area (TPSA) is 77.1 Å². The molecule has 0 bridgehead atoms. The van der Waals surface area contributed by atoms with Crippen molar-refractivity contribution < 1.29 is 9.21 Å². The first kappa shape index (κ1) is 19.0.